The van der Waals surface area contributed by atoms with Gasteiger partial charge in [0, 0.05) is 21.4 Å². The fourth-order valence-corrected chi connectivity index (χ4v) is 3.98. The van der Waals surface area contributed by atoms with Crippen LogP contribution in [0.5, 0.6) is 5.75 Å². The van der Waals surface area contributed by atoms with E-state index in [2.05, 4.69) is 10.4 Å². The van der Waals surface area contributed by atoms with Gasteiger partial charge in [-0.05, 0) is 45.0 Å². The van der Waals surface area contributed by atoms with Crippen molar-refractivity contribution in [3.05, 3.63) is 40.5 Å². The van der Waals surface area contributed by atoms with Crippen molar-refractivity contribution in [2.75, 3.05) is 11.9 Å². The number of anilines is 1. The minimum atomic E-state index is -0.955. The van der Waals surface area contributed by atoms with Crippen LogP contribution in [0, 0.1) is 0 Å². The highest BCUT2D eigenvalue weighted by atomic mass is 35.5. The quantitative estimate of drug-likeness (QED) is 0.883. The molecular formula is C17H20ClN3O3S. The van der Waals surface area contributed by atoms with Crippen molar-refractivity contribution < 1.29 is 13.7 Å². The molecule has 134 valence electrons. The molecule has 1 aliphatic rings. The molecule has 0 aliphatic carbocycles. The van der Waals surface area contributed by atoms with Crippen molar-refractivity contribution in [1.29, 1.82) is 0 Å². The zero-order chi connectivity index (χ0) is 18.2. The van der Waals surface area contributed by atoms with Gasteiger partial charge in [-0.15, -0.1) is 0 Å². The summed E-state index contributed by atoms with van der Waals surface area (Å²) in [5, 5.41) is 8.03. The zero-order valence-electron chi connectivity index (χ0n) is 14.3. The lowest BCUT2D eigenvalue weighted by atomic mass is 10.1. The Kier molecular flexibility index (Phi) is 4.88. The Labute approximate surface area is 154 Å². The second-order valence-corrected chi connectivity index (χ2v) is 8.77. The van der Waals surface area contributed by atoms with Gasteiger partial charge in [-0.1, -0.05) is 11.6 Å². The highest BCUT2D eigenvalue weighted by Crippen LogP contribution is 2.32. The lowest BCUT2D eigenvalue weighted by Crippen LogP contribution is -2.29. The minimum Gasteiger partial charge on any atom is -0.484 e. The number of hydrogen-bond acceptors (Lipinski definition) is 4. The Bertz CT molecular complexity index is 825. The molecule has 1 aromatic heterocycles. The number of rotatable bonds is 4. The number of amides is 1. The van der Waals surface area contributed by atoms with E-state index in [1.807, 2.05) is 20.8 Å². The molecule has 2 heterocycles. The highest BCUT2D eigenvalue weighted by molar-refractivity contribution is 7.83. The summed E-state index contributed by atoms with van der Waals surface area (Å²) in [6.07, 6.45) is 0. The first kappa shape index (κ1) is 17.9. The van der Waals surface area contributed by atoms with Crippen molar-refractivity contribution >= 4 is 34.1 Å². The van der Waals surface area contributed by atoms with Crippen LogP contribution >= 0.6 is 11.6 Å². The smallest absolute Gasteiger partial charge is 0.263 e. The maximum atomic E-state index is 12.3. The van der Waals surface area contributed by atoms with E-state index >= 15 is 0 Å². The van der Waals surface area contributed by atoms with Crippen LogP contribution in [0.15, 0.2) is 24.3 Å². The molecule has 2 aromatic rings. The third-order valence-corrected chi connectivity index (χ3v) is 5.20. The summed E-state index contributed by atoms with van der Waals surface area (Å²) in [4.78, 5) is 12.3. The molecule has 1 aromatic carbocycles. The van der Waals surface area contributed by atoms with Crippen molar-refractivity contribution in [3.63, 3.8) is 0 Å². The van der Waals surface area contributed by atoms with Crippen molar-refractivity contribution in [2.45, 2.75) is 37.8 Å². The van der Waals surface area contributed by atoms with Gasteiger partial charge in [0.25, 0.3) is 5.91 Å². The van der Waals surface area contributed by atoms with Crippen LogP contribution in [-0.4, -0.2) is 26.5 Å². The standard InChI is InChI=1S/C17H20ClN3O3S/c1-17(2,3)21-16(13-9-25(23)10-14(13)20-21)19-15(22)8-24-12-6-4-11(18)5-7-12/h4-7H,8-10H2,1-3H3,(H,19,22). The molecule has 0 saturated carbocycles. The van der Waals surface area contributed by atoms with Crippen LogP contribution in [0.1, 0.15) is 32.0 Å². The van der Waals surface area contributed by atoms with Gasteiger partial charge in [-0.25, -0.2) is 4.68 Å². The number of nitrogens with one attached hydrogen (secondary N) is 1. The van der Waals surface area contributed by atoms with Gasteiger partial charge >= 0.3 is 0 Å². The molecule has 0 saturated heterocycles. The summed E-state index contributed by atoms with van der Waals surface area (Å²) < 4.78 is 19.1. The van der Waals surface area contributed by atoms with E-state index in [1.165, 1.54) is 0 Å². The number of nitrogens with zero attached hydrogens (tertiary/aromatic N) is 2. The molecule has 0 radical (unpaired) electrons. The predicted molar refractivity (Wildman–Crippen MR) is 98.4 cm³/mol. The van der Waals surface area contributed by atoms with E-state index in [-0.39, 0.29) is 18.1 Å². The minimum absolute atomic E-state index is 0.130. The molecule has 1 aliphatic heterocycles. The van der Waals surface area contributed by atoms with Crippen molar-refractivity contribution in [2.24, 2.45) is 0 Å². The van der Waals surface area contributed by atoms with E-state index < -0.39 is 10.8 Å². The van der Waals surface area contributed by atoms with Gasteiger partial charge in [-0.3, -0.25) is 9.00 Å². The molecule has 1 atom stereocenters. The van der Waals surface area contributed by atoms with E-state index in [1.54, 1.807) is 28.9 Å². The highest BCUT2D eigenvalue weighted by Gasteiger charge is 2.31. The van der Waals surface area contributed by atoms with Gasteiger partial charge in [0.15, 0.2) is 6.61 Å². The molecule has 8 heteroatoms. The molecule has 0 spiro atoms. The molecule has 1 unspecified atom stereocenters. The van der Waals surface area contributed by atoms with Crippen LogP contribution in [0.2, 0.25) is 5.02 Å². The van der Waals surface area contributed by atoms with E-state index in [9.17, 15) is 9.00 Å². The summed E-state index contributed by atoms with van der Waals surface area (Å²) in [5.41, 5.74) is 1.35. The van der Waals surface area contributed by atoms with Gasteiger partial charge in [0.2, 0.25) is 0 Å². The molecule has 3 rings (SSSR count). The first-order valence-electron chi connectivity index (χ1n) is 7.88. The van der Waals surface area contributed by atoms with Crippen LogP contribution in [0.25, 0.3) is 0 Å². The number of carbonyl (C=O) groups excluding carboxylic acids is 1. The molecule has 1 amide bonds. The molecule has 25 heavy (non-hydrogen) atoms. The number of halogens is 1. The number of ether oxygens (including phenoxy) is 1. The maximum absolute atomic E-state index is 12.3. The second-order valence-electron chi connectivity index (χ2n) is 6.88. The van der Waals surface area contributed by atoms with Crippen LogP contribution in [0.3, 0.4) is 0 Å². The number of aromatic nitrogens is 2. The number of benzene rings is 1. The van der Waals surface area contributed by atoms with Gasteiger partial charge in [0.1, 0.15) is 11.6 Å². The normalized spacial score (nSPS) is 16.6. The summed E-state index contributed by atoms with van der Waals surface area (Å²) >= 11 is 5.83. The summed E-state index contributed by atoms with van der Waals surface area (Å²) in [7, 11) is -0.955. The Morgan fingerprint density at radius 3 is 2.64 bits per heavy atom. The molecule has 6 nitrogen and oxygen atoms in total. The third-order valence-electron chi connectivity index (χ3n) is 3.75. The van der Waals surface area contributed by atoms with Crippen LogP contribution in [-0.2, 0) is 32.6 Å². The zero-order valence-corrected chi connectivity index (χ0v) is 15.9. The summed E-state index contributed by atoms with van der Waals surface area (Å²) in [6.45, 7) is 5.89. The summed E-state index contributed by atoms with van der Waals surface area (Å²) in [5.74, 6) is 1.73. The number of carbonyl (C=O) groups is 1. The Morgan fingerprint density at radius 1 is 1.32 bits per heavy atom. The fourth-order valence-electron chi connectivity index (χ4n) is 2.59. The van der Waals surface area contributed by atoms with Gasteiger partial charge < -0.3 is 10.1 Å². The van der Waals surface area contributed by atoms with E-state index in [4.69, 9.17) is 16.3 Å². The van der Waals surface area contributed by atoms with Crippen molar-refractivity contribution in [3.8, 4) is 5.75 Å². The van der Waals surface area contributed by atoms with Crippen molar-refractivity contribution in [1.82, 2.24) is 9.78 Å². The average Bonchev–Trinajstić information content (AvgIpc) is 3.04. The van der Waals surface area contributed by atoms with Crippen LogP contribution < -0.4 is 10.1 Å². The second kappa shape index (κ2) is 6.80. The number of fused-ring (bicyclic) bond motifs is 1. The third kappa shape index (κ3) is 4.04. The Balaban J connectivity index is 1.74. The van der Waals surface area contributed by atoms with Gasteiger partial charge in [0.05, 0.1) is 22.7 Å². The monoisotopic (exact) mass is 381 g/mol. The maximum Gasteiger partial charge on any atom is 0.263 e. The van der Waals surface area contributed by atoms with Gasteiger partial charge in [-0.2, -0.15) is 5.10 Å². The lowest BCUT2D eigenvalue weighted by Gasteiger charge is -2.23. The largest absolute Gasteiger partial charge is 0.484 e. The fraction of sp³-hybridized carbons (Fsp3) is 0.412. The van der Waals surface area contributed by atoms with E-state index in [0.29, 0.717) is 28.1 Å². The first-order chi connectivity index (χ1) is 11.7. The Hall–Kier alpha value is -1.86. The van der Waals surface area contributed by atoms with Crippen LogP contribution in [0.4, 0.5) is 5.82 Å². The molecular weight excluding hydrogens is 362 g/mol. The first-order valence-corrected chi connectivity index (χ1v) is 9.75. The molecule has 0 bridgehead atoms. The Morgan fingerprint density at radius 2 is 2.00 bits per heavy atom. The average molecular weight is 382 g/mol. The topological polar surface area (TPSA) is 73.2 Å². The van der Waals surface area contributed by atoms with E-state index in [0.717, 1.165) is 11.3 Å². The predicted octanol–water partition coefficient (Wildman–Crippen LogP) is 3.07. The molecule has 0 fully saturated rings. The molecule has 1 N–H and O–H groups in total. The number of hydrogen-bond donors (Lipinski definition) is 1. The SMILES string of the molecule is CC(C)(C)n1nc2c(c1NC(=O)COc1ccc(Cl)cc1)CS(=O)C2. The summed E-state index contributed by atoms with van der Waals surface area (Å²) in [6, 6.07) is 6.81. The lowest BCUT2D eigenvalue weighted by molar-refractivity contribution is -0.118.